The van der Waals surface area contributed by atoms with Gasteiger partial charge in [0, 0.05) is 18.4 Å². The van der Waals surface area contributed by atoms with Crippen LogP contribution in [0.15, 0.2) is 48.5 Å². The fourth-order valence-electron chi connectivity index (χ4n) is 3.58. The van der Waals surface area contributed by atoms with Crippen LogP contribution in [0.2, 0.25) is 0 Å². The summed E-state index contributed by atoms with van der Waals surface area (Å²) in [5.74, 6) is 0.855. The van der Waals surface area contributed by atoms with Crippen molar-refractivity contribution in [1.29, 1.82) is 5.26 Å². The SMILES string of the molecule is CCCCc1nc(O)c(Cc2ccc(-c3ccccc3C#N)cc2)c(CCCC)n1. The fourth-order valence-corrected chi connectivity index (χ4v) is 3.58. The predicted molar refractivity (Wildman–Crippen MR) is 120 cm³/mol. The van der Waals surface area contributed by atoms with Crippen molar-refractivity contribution in [2.24, 2.45) is 0 Å². The lowest BCUT2D eigenvalue weighted by molar-refractivity contribution is 0.439. The highest BCUT2D eigenvalue weighted by atomic mass is 16.3. The molecule has 4 heteroatoms. The first-order valence-electron chi connectivity index (χ1n) is 10.8. The van der Waals surface area contributed by atoms with E-state index in [1.807, 2.05) is 36.4 Å². The third-order valence-corrected chi connectivity index (χ3v) is 5.33. The van der Waals surface area contributed by atoms with Crippen molar-refractivity contribution in [3.63, 3.8) is 0 Å². The van der Waals surface area contributed by atoms with E-state index in [2.05, 4.69) is 37.0 Å². The molecular weight excluding hydrogens is 370 g/mol. The molecule has 0 radical (unpaired) electrons. The number of rotatable bonds is 9. The molecule has 2 aromatic carbocycles. The Morgan fingerprint density at radius 2 is 1.60 bits per heavy atom. The number of aromatic nitrogens is 2. The summed E-state index contributed by atoms with van der Waals surface area (Å²) in [6.45, 7) is 4.31. The number of aryl methyl sites for hydroxylation is 2. The van der Waals surface area contributed by atoms with Gasteiger partial charge in [-0.25, -0.2) is 4.98 Å². The van der Waals surface area contributed by atoms with Gasteiger partial charge in [-0.05, 0) is 42.0 Å². The maximum atomic E-state index is 10.6. The summed E-state index contributed by atoms with van der Waals surface area (Å²) in [5.41, 5.74) is 5.49. The van der Waals surface area contributed by atoms with Crippen molar-refractivity contribution in [3.05, 3.63) is 76.7 Å². The van der Waals surface area contributed by atoms with E-state index in [9.17, 15) is 10.4 Å². The summed E-state index contributed by atoms with van der Waals surface area (Å²) in [6.07, 6.45) is 6.49. The number of aromatic hydroxyl groups is 1. The molecule has 3 rings (SSSR count). The van der Waals surface area contributed by atoms with Crippen LogP contribution in [0.5, 0.6) is 5.88 Å². The lowest BCUT2D eigenvalue weighted by Gasteiger charge is -2.13. The van der Waals surface area contributed by atoms with Gasteiger partial charge in [0.1, 0.15) is 5.82 Å². The second-order valence-electron chi connectivity index (χ2n) is 7.63. The number of benzene rings is 2. The number of unbranched alkanes of at least 4 members (excludes halogenated alkanes) is 2. The van der Waals surface area contributed by atoms with Crippen molar-refractivity contribution in [3.8, 4) is 23.1 Å². The Morgan fingerprint density at radius 3 is 2.30 bits per heavy atom. The Hall–Kier alpha value is -3.19. The van der Waals surface area contributed by atoms with E-state index in [0.29, 0.717) is 12.0 Å². The molecule has 1 N–H and O–H groups in total. The largest absolute Gasteiger partial charge is 0.493 e. The zero-order chi connectivity index (χ0) is 21.3. The van der Waals surface area contributed by atoms with Crippen LogP contribution in [0.4, 0.5) is 0 Å². The molecule has 3 aromatic rings. The first-order chi connectivity index (χ1) is 14.7. The van der Waals surface area contributed by atoms with Crippen molar-refractivity contribution in [2.45, 2.75) is 58.8 Å². The Labute approximate surface area is 179 Å². The molecule has 4 nitrogen and oxygen atoms in total. The number of hydrogen-bond donors (Lipinski definition) is 1. The first kappa shape index (κ1) is 21.5. The third kappa shape index (κ3) is 5.24. The summed E-state index contributed by atoms with van der Waals surface area (Å²) in [7, 11) is 0. The van der Waals surface area contributed by atoms with Gasteiger partial charge in [-0.1, -0.05) is 69.2 Å². The number of nitrogens with zero attached hydrogens (tertiary/aromatic N) is 3. The summed E-state index contributed by atoms with van der Waals surface area (Å²) in [6, 6.07) is 18.0. The van der Waals surface area contributed by atoms with Crippen molar-refractivity contribution in [2.75, 3.05) is 0 Å². The number of nitriles is 1. The second-order valence-corrected chi connectivity index (χ2v) is 7.63. The summed E-state index contributed by atoms with van der Waals surface area (Å²) in [4.78, 5) is 9.16. The van der Waals surface area contributed by atoms with Gasteiger partial charge < -0.3 is 5.11 Å². The molecule has 0 aliphatic heterocycles. The minimum absolute atomic E-state index is 0.112. The zero-order valence-electron chi connectivity index (χ0n) is 17.9. The molecule has 0 unspecified atom stereocenters. The second kappa shape index (κ2) is 10.5. The van der Waals surface area contributed by atoms with Gasteiger partial charge in [0.25, 0.3) is 0 Å². The van der Waals surface area contributed by atoms with Crippen LogP contribution in [-0.4, -0.2) is 15.1 Å². The van der Waals surface area contributed by atoms with Gasteiger partial charge in [0.05, 0.1) is 17.3 Å². The van der Waals surface area contributed by atoms with Crippen LogP contribution in [0.3, 0.4) is 0 Å². The van der Waals surface area contributed by atoms with Gasteiger partial charge in [0.15, 0.2) is 0 Å². The smallest absolute Gasteiger partial charge is 0.218 e. The first-order valence-corrected chi connectivity index (χ1v) is 10.8. The Balaban J connectivity index is 1.87. The zero-order valence-corrected chi connectivity index (χ0v) is 17.9. The van der Waals surface area contributed by atoms with Crippen LogP contribution in [-0.2, 0) is 19.3 Å². The van der Waals surface area contributed by atoms with E-state index in [1.165, 1.54) is 0 Å². The minimum Gasteiger partial charge on any atom is -0.493 e. The average Bonchev–Trinajstić information content (AvgIpc) is 2.78. The standard InChI is InChI=1S/C26H29N3O/c1-3-5-11-24-23(26(30)29-25(28-24)12-6-4-2)17-19-13-15-20(16-14-19)22-10-8-7-9-21(22)18-27/h7-10,13-16H,3-6,11-12,17H2,1-2H3,(H,28,29,30). The van der Waals surface area contributed by atoms with Crippen molar-refractivity contribution >= 4 is 0 Å². The molecule has 0 saturated heterocycles. The normalized spacial score (nSPS) is 10.7. The molecule has 0 atom stereocenters. The Morgan fingerprint density at radius 1 is 0.900 bits per heavy atom. The summed E-state index contributed by atoms with van der Waals surface area (Å²) < 4.78 is 0. The maximum Gasteiger partial charge on any atom is 0.218 e. The molecule has 0 bridgehead atoms. The highest BCUT2D eigenvalue weighted by Gasteiger charge is 2.15. The quantitative estimate of drug-likeness (QED) is 0.479. The molecule has 30 heavy (non-hydrogen) atoms. The molecule has 0 aliphatic rings. The molecule has 1 aromatic heterocycles. The summed E-state index contributed by atoms with van der Waals surface area (Å²) in [5, 5.41) is 20.0. The van der Waals surface area contributed by atoms with Crippen molar-refractivity contribution < 1.29 is 5.11 Å². The minimum atomic E-state index is 0.112. The van der Waals surface area contributed by atoms with Gasteiger partial charge >= 0.3 is 0 Å². The number of hydrogen-bond acceptors (Lipinski definition) is 4. The molecular formula is C26H29N3O. The van der Waals surface area contributed by atoms with E-state index in [1.54, 1.807) is 0 Å². The van der Waals surface area contributed by atoms with Gasteiger partial charge in [-0.15, -0.1) is 0 Å². The van der Waals surface area contributed by atoms with Crippen LogP contribution >= 0.6 is 0 Å². The molecule has 0 saturated carbocycles. The summed E-state index contributed by atoms with van der Waals surface area (Å²) >= 11 is 0. The fraction of sp³-hybridized carbons (Fsp3) is 0.346. The van der Waals surface area contributed by atoms with E-state index >= 15 is 0 Å². The van der Waals surface area contributed by atoms with Gasteiger partial charge in [-0.2, -0.15) is 10.2 Å². The third-order valence-electron chi connectivity index (χ3n) is 5.33. The highest BCUT2D eigenvalue weighted by molar-refractivity contribution is 5.70. The Bertz CT molecular complexity index is 1020. The van der Waals surface area contributed by atoms with Gasteiger partial charge in [-0.3, -0.25) is 0 Å². The molecule has 0 spiro atoms. The predicted octanol–water partition coefficient (Wildman–Crippen LogP) is 6.00. The van der Waals surface area contributed by atoms with E-state index in [0.717, 1.165) is 72.3 Å². The Kier molecular flexibility index (Phi) is 7.57. The van der Waals surface area contributed by atoms with Crippen LogP contribution < -0.4 is 0 Å². The maximum absolute atomic E-state index is 10.6. The molecule has 154 valence electrons. The van der Waals surface area contributed by atoms with Crippen molar-refractivity contribution in [1.82, 2.24) is 9.97 Å². The van der Waals surface area contributed by atoms with E-state index in [4.69, 9.17) is 4.98 Å². The van der Waals surface area contributed by atoms with Crippen LogP contribution in [0.1, 0.15) is 67.7 Å². The van der Waals surface area contributed by atoms with Crippen LogP contribution in [0, 0.1) is 11.3 Å². The molecule has 0 amide bonds. The molecule has 0 fully saturated rings. The van der Waals surface area contributed by atoms with E-state index in [-0.39, 0.29) is 5.88 Å². The monoisotopic (exact) mass is 399 g/mol. The van der Waals surface area contributed by atoms with Gasteiger partial charge in [0.2, 0.25) is 5.88 Å². The average molecular weight is 400 g/mol. The lowest BCUT2D eigenvalue weighted by Crippen LogP contribution is -2.06. The van der Waals surface area contributed by atoms with Crippen LogP contribution in [0.25, 0.3) is 11.1 Å². The topological polar surface area (TPSA) is 69.8 Å². The van der Waals surface area contributed by atoms with E-state index < -0.39 is 0 Å². The highest BCUT2D eigenvalue weighted by Crippen LogP contribution is 2.27. The molecule has 1 heterocycles. The lowest BCUT2D eigenvalue weighted by atomic mass is 9.96. The molecule has 0 aliphatic carbocycles.